The van der Waals surface area contributed by atoms with Gasteiger partial charge in [0, 0.05) is 17.8 Å². The number of carboxylic acid groups (broad SMARTS) is 1. The zero-order chi connectivity index (χ0) is 16.6. The predicted octanol–water partition coefficient (Wildman–Crippen LogP) is 2.64. The topological polar surface area (TPSA) is 76.7 Å². The van der Waals surface area contributed by atoms with E-state index in [2.05, 4.69) is 10.1 Å². The van der Waals surface area contributed by atoms with Crippen molar-refractivity contribution in [2.45, 2.75) is 20.3 Å². The minimum atomic E-state index is -1.02. The molecule has 6 heteroatoms. The van der Waals surface area contributed by atoms with Crippen molar-refractivity contribution < 1.29 is 14.6 Å². The molecule has 3 aromatic rings. The first kappa shape index (κ1) is 15.0. The van der Waals surface area contributed by atoms with Gasteiger partial charge in [0.25, 0.3) is 0 Å². The third kappa shape index (κ3) is 2.63. The summed E-state index contributed by atoms with van der Waals surface area (Å²) in [6.45, 7) is 3.82. The third-order valence-corrected chi connectivity index (χ3v) is 3.98. The summed E-state index contributed by atoms with van der Waals surface area (Å²) in [5.74, 6) is -0.205. The van der Waals surface area contributed by atoms with Gasteiger partial charge in [0.05, 0.1) is 13.3 Å². The first-order valence-electron chi connectivity index (χ1n) is 7.21. The van der Waals surface area contributed by atoms with Crippen LogP contribution in [-0.2, 0) is 6.42 Å². The molecule has 1 aromatic carbocycles. The largest absolute Gasteiger partial charge is 0.497 e. The maximum atomic E-state index is 11.2. The lowest BCUT2D eigenvalue weighted by molar-refractivity contribution is 0.0698. The van der Waals surface area contributed by atoms with E-state index in [1.54, 1.807) is 11.6 Å². The highest BCUT2D eigenvalue weighted by atomic mass is 16.5. The number of rotatable bonds is 4. The highest BCUT2D eigenvalue weighted by molar-refractivity contribution is 5.94. The van der Waals surface area contributed by atoms with Gasteiger partial charge in [0.2, 0.25) is 0 Å². The van der Waals surface area contributed by atoms with E-state index in [-0.39, 0.29) is 5.56 Å². The normalized spacial score (nSPS) is 10.9. The lowest BCUT2D eigenvalue weighted by Crippen LogP contribution is -2.07. The minimum Gasteiger partial charge on any atom is -0.497 e. The molecule has 0 aliphatic rings. The summed E-state index contributed by atoms with van der Waals surface area (Å²) in [7, 11) is 1.64. The van der Waals surface area contributed by atoms with Gasteiger partial charge in [0.1, 0.15) is 11.3 Å². The number of benzene rings is 1. The summed E-state index contributed by atoms with van der Waals surface area (Å²) in [5.41, 5.74) is 4.38. The molecule has 118 valence electrons. The van der Waals surface area contributed by atoms with Crippen LogP contribution in [0.1, 0.15) is 32.9 Å². The molecule has 0 atom stereocenters. The molecule has 0 aliphatic heterocycles. The Bertz CT molecular complexity index is 882. The van der Waals surface area contributed by atoms with Crippen LogP contribution in [0.4, 0.5) is 0 Å². The fraction of sp³-hybridized carbons (Fsp3) is 0.235. The lowest BCUT2D eigenvalue weighted by atomic mass is 10.0. The molecule has 6 nitrogen and oxygen atoms in total. The first-order valence-corrected chi connectivity index (χ1v) is 7.21. The van der Waals surface area contributed by atoms with E-state index in [1.165, 1.54) is 6.20 Å². The summed E-state index contributed by atoms with van der Waals surface area (Å²) in [5, 5.41) is 13.4. The van der Waals surface area contributed by atoms with Gasteiger partial charge < -0.3 is 9.84 Å². The number of hydrogen-bond donors (Lipinski definition) is 1. The van der Waals surface area contributed by atoms with Crippen molar-refractivity contribution in [3.8, 4) is 5.75 Å². The maximum absolute atomic E-state index is 11.2. The van der Waals surface area contributed by atoms with E-state index in [0.29, 0.717) is 12.1 Å². The second-order valence-electron chi connectivity index (χ2n) is 5.38. The number of aryl methyl sites for hydroxylation is 2. The Hall–Kier alpha value is -2.89. The SMILES string of the molecule is COc1ccc(Cc2c(C)nc3c(C(=O)O)cnn3c2C)cc1. The van der Waals surface area contributed by atoms with Crippen molar-refractivity contribution in [2.75, 3.05) is 7.11 Å². The number of methoxy groups -OCH3 is 1. The molecule has 23 heavy (non-hydrogen) atoms. The van der Waals surface area contributed by atoms with Gasteiger partial charge in [-0.3, -0.25) is 0 Å². The summed E-state index contributed by atoms with van der Waals surface area (Å²) >= 11 is 0. The highest BCUT2D eigenvalue weighted by Gasteiger charge is 2.17. The third-order valence-electron chi connectivity index (χ3n) is 3.98. The van der Waals surface area contributed by atoms with Crippen molar-refractivity contribution in [3.05, 3.63) is 58.5 Å². The molecular weight excluding hydrogens is 294 g/mol. The average molecular weight is 311 g/mol. The van der Waals surface area contributed by atoms with Crippen molar-refractivity contribution >= 4 is 11.6 Å². The van der Waals surface area contributed by atoms with Gasteiger partial charge in [-0.05, 0) is 37.1 Å². The van der Waals surface area contributed by atoms with Gasteiger partial charge in [-0.15, -0.1) is 0 Å². The molecular formula is C17H17N3O3. The molecule has 1 N–H and O–H groups in total. The van der Waals surface area contributed by atoms with E-state index in [0.717, 1.165) is 28.3 Å². The molecule has 2 aromatic heterocycles. The van der Waals surface area contributed by atoms with Crippen LogP contribution in [0.3, 0.4) is 0 Å². The molecule has 0 aliphatic carbocycles. The molecule has 0 saturated heterocycles. The molecule has 0 bridgehead atoms. The zero-order valence-corrected chi connectivity index (χ0v) is 13.2. The Morgan fingerprint density at radius 2 is 1.96 bits per heavy atom. The van der Waals surface area contributed by atoms with Gasteiger partial charge in [-0.1, -0.05) is 12.1 Å². The van der Waals surface area contributed by atoms with Crippen LogP contribution in [0.15, 0.2) is 30.5 Å². The Morgan fingerprint density at radius 3 is 2.57 bits per heavy atom. The van der Waals surface area contributed by atoms with E-state index < -0.39 is 5.97 Å². The Morgan fingerprint density at radius 1 is 1.26 bits per heavy atom. The van der Waals surface area contributed by atoms with Gasteiger partial charge in [0.15, 0.2) is 5.65 Å². The van der Waals surface area contributed by atoms with Crippen LogP contribution < -0.4 is 4.74 Å². The van der Waals surface area contributed by atoms with Crippen LogP contribution in [0.5, 0.6) is 5.75 Å². The number of aromatic nitrogens is 3. The van der Waals surface area contributed by atoms with Gasteiger partial charge in [-0.25, -0.2) is 14.3 Å². The lowest BCUT2D eigenvalue weighted by Gasteiger charge is -2.11. The van der Waals surface area contributed by atoms with E-state index in [9.17, 15) is 9.90 Å². The molecule has 0 saturated carbocycles. The number of hydrogen-bond acceptors (Lipinski definition) is 4. The monoisotopic (exact) mass is 311 g/mol. The van der Waals surface area contributed by atoms with Gasteiger partial charge >= 0.3 is 5.97 Å². The molecule has 0 fully saturated rings. The molecule has 0 amide bonds. The Kier molecular flexibility index (Phi) is 3.73. The van der Waals surface area contributed by atoms with Crippen LogP contribution in [0.25, 0.3) is 5.65 Å². The number of carboxylic acids is 1. The average Bonchev–Trinajstić information content (AvgIpc) is 2.96. The number of carbonyl (C=O) groups is 1. The highest BCUT2D eigenvalue weighted by Crippen LogP contribution is 2.21. The number of nitrogens with zero attached hydrogens (tertiary/aromatic N) is 3. The quantitative estimate of drug-likeness (QED) is 0.801. The van der Waals surface area contributed by atoms with Crippen LogP contribution >= 0.6 is 0 Å². The van der Waals surface area contributed by atoms with Gasteiger partial charge in [-0.2, -0.15) is 5.10 Å². The number of fused-ring (bicyclic) bond motifs is 1. The summed E-state index contributed by atoms with van der Waals surface area (Å²) in [6.07, 6.45) is 2.04. The fourth-order valence-electron chi connectivity index (χ4n) is 2.67. The Labute approximate surface area is 133 Å². The Balaban J connectivity index is 2.05. The number of ether oxygens (including phenoxy) is 1. The molecule has 0 radical (unpaired) electrons. The molecule has 0 unspecified atom stereocenters. The number of aromatic carboxylic acids is 1. The van der Waals surface area contributed by atoms with Crippen molar-refractivity contribution in [1.82, 2.24) is 14.6 Å². The smallest absolute Gasteiger partial charge is 0.341 e. The van der Waals surface area contributed by atoms with Crippen molar-refractivity contribution in [3.63, 3.8) is 0 Å². The van der Waals surface area contributed by atoms with E-state index >= 15 is 0 Å². The van der Waals surface area contributed by atoms with Crippen LogP contribution in [0.2, 0.25) is 0 Å². The molecule has 0 spiro atoms. The molecule has 3 rings (SSSR count). The molecule has 2 heterocycles. The summed E-state index contributed by atoms with van der Waals surface area (Å²) < 4.78 is 6.76. The van der Waals surface area contributed by atoms with Crippen molar-refractivity contribution in [1.29, 1.82) is 0 Å². The van der Waals surface area contributed by atoms with Crippen LogP contribution in [-0.4, -0.2) is 32.8 Å². The standard InChI is InChI=1S/C17H17N3O3/c1-10-14(8-12-4-6-13(23-3)7-5-12)11(2)20-16(19-10)15(9-18-20)17(21)22/h4-7,9H,8H2,1-3H3,(H,21,22). The predicted molar refractivity (Wildman–Crippen MR) is 85.2 cm³/mol. The minimum absolute atomic E-state index is 0.118. The first-order chi connectivity index (χ1) is 11.0. The van der Waals surface area contributed by atoms with E-state index in [1.807, 2.05) is 38.1 Å². The summed E-state index contributed by atoms with van der Waals surface area (Å²) in [4.78, 5) is 15.7. The fourth-order valence-corrected chi connectivity index (χ4v) is 2.67. The maximum Gasteiger partial charge on any atom is 0.341 e. The van der Waals surface area contributed by atoms with E-state index in [4.69, 9.17) is 4.74 Å². The second kappa shape index (κ2) is 5.72. The van der Waals surface area contributed by atoms with Crippen LogP contribution in [0, 0.1) is 13.8 Å². The summed E-state index contributed by atoms with van der Waals surface area (Å²) in [6, 6.07) is 7.85. The zero-order valence-electron chi connectivity index (χ0n) is 13.2. The second-order valence-corrected chi connectivity index (χ2v) is 5.38. The van der Waals surface area contributed by atoms with Crippen molar-refractivity contribution in [2.24, 2.45) is 0 Å².